The quantitative estimate of drug-likeness (QED) is 0.112. The maximum atomic E-state index is 12.5. The van der Waals surface area contributed by atoms with Gasteiger partial charge in [-0.1, -0.05) is 53.7 Å². The monoisotopic (exact) mass is 822 g/mol. The van der Waals surface area contributed by atoms with Crippen LogP contribution in [0.15, 0.2) is 12.2 Å². The molecule has 330 valence electrons. The predicted molar refractivity (Wildman–Crippen MR) is 206 cm³/mol. The summed E-state index contributed by atoms with van der Waals surface area (Å²) in [4.78, 5) is 12.5. The van der Waals surface area contributed by atoms with Crippen LogP contribution in [0, 0.1) is 50.2 Å². The third-order valence-electron chi connectivity index (χ3n) is 18.2. The number of carbonyl (C=O) groups is 1. The van der Waals surface area contributed by atoms with E-state index in [2.05, 4.69) is 53.7 Å². The highest BCUT2D eigenvalue weighted by Gasteiger charge is 2.79. The van der Waals surface area contributed by atoms with Gasteiger partial charge in [0.05, 0.1) is 43.7 Å². The second-order valence-electron chi connectivity index (χ2n) is 21.6. The molecule has 14 heteroatoms. The molecule has 2 bridgehead atoms. The van der Waals surface area contributed by atoms with E-state index in [-0.39, 0.29) is 51.4 Å². The Kier molecular flexibility index (Phi) is 10.8. The van der Waals surface area contributed by atoms with Crippen molar-refractivity contribution in [1.82, 2.24) is 0 Å². The van der Waals surface area contributed by atoms with Gasteiger partial charge in [0, 0.05) is 29.1 Å². The molecule has 0 unspecified atom stereocenters. The lowest BCUT2D eigenvalue weighted by molar-refractivity contribution is -0.367. The summed E-state index contributed by atoms with van der Waals surface area (Å²) in [6.45, 7) is 17.0. The van der Waals surface area contributed by atoms with E-state index in [0.717, 1.165) is 38.5 Å². The van der Waals surface area contributed by atoms with Gasteiger partial charge in [0.1, 0.15) is 42.7 Å². The van der Waals surface area contributed by atoms with Gasteiger partial charge in [0.2, 0.25) is 0 Å². The van der Waals surface area contributed by atoms with Crippen molar-refractivity contribution in [3.05, 3.63) is 12.2 Å². The number of ether oxygens (including phenoxy) is 6. The molecule has 0 amide bonds. The highest BCUT2D eigenvalue weighted by Crippen LogP contribution is 2.79. The summed E-state index contributed by atoms with van der Waals surface area (Å²) in [6, 6.07) is 0. The van der Waals surface area contributed by atoms with Gasteiger partial charge in [0.15, 0.2) is 12.6 Å². The Balaban J connectivity index is 1.08. The first-order valence-electron chi connectivity index (χ1n) is 21.8. The molecule has 1 spiro atoms. The Morgan fingerprint density at radius 3 is 2.19 bits per heavy atom. The first-order valence-corrected chi connectivity index (χ1v) is 21.8. The van der Waals surface area contributed by atoms with Crippen molar-refractivity contribution >= 4 is 5.97 Å². The van der Waals surface area contributed by atoms with E-state index in [1.165, 1.54) is 6.92 Å². The van der Waals surface area contributed by atoms with Gasteiger partial charge in [-0.15, -0.1) is 0 Å². The molecule has 0 aromatic heterocycles. The molecule has 7 fully saturated rings. The minimum absolute atomic E-state index is 0.00843. The van der Waals surface area contributed by atoms with E-state index in [1.807, 2.05) is 0 Å². The van der Waals surface area contributed by atoms with Crippen LogP contribution in [0.5, 0.6) is 0 Å². The average Bonchev–Trinajstić information content (AvgIpc) is 3.44. The molecule has 5 aliphatic carbocycles. The topological polar surface area (TPSA) is 214 Å². The van der Waals surface area contributed by atoms with Crippen LogP contribution in [0.1, 0.15) is 107 Å². The van der Waals surface area contributed by atoms with Crippen LogP contribution in [-0.4, -0.2) is 141 Å². The zero-order chi connectivity index (χ0) is 42.2. The smallest absolute Gasteiger partial charge is 0.302 e. The Bertz CT molecular complexity index is 1610. The third kappa shape index (κ3) is 5.97. The summed E-state index contributed by atoms with van der Waals surface area (Å²) in [5.74, 6) is -0.0524. The molecule has 8 aliphatic rings. The highest BCUT2D eigenvalue weighted by molar-refractivity contribution is 5.66. The van der Waals surface area contributed by atoms with Crippen molar-refractivity contribution in [1.29, 1.82) is 0 Å². The Morgan fingerprint density at radius 2 is 1.50 bits per heavy atom. The fraction of sp³-hybridized carbons (Fsp3) is 0.932. The zero-order valence-electron chi connectivity index (χ0n) is 35.6. The SMILES string of the molecule is CC(=O)OC[C@@]1(C)[C@@H]2CC[C@]3(C)[C@H](C=C[C@]45OC[C@@]6(CCC(C)(C)C[C@@H]64)[C@@H](O)C[C@]53C)[C@@]2(C)CC[C@@H]1O[C@@H]1O[C@H](C)[C@H](O)[C@@H](O[C@@H]2O[C@H](CO)[C@@H](O)[C@@H](O)[C@H]2O)[C@H]1O. The summed E-state index contributed by atoms with van der Waals surface area (Å²) < 4.78 is 37.3. The van der Waals surface area contributed by atoms with E-state index in [9.17, 15) is 40.5 Å². The second kappa shape index (κ2) is 14.4. The van der Waals surface area contributed by atoms with E-state index >= 15 is 0 Å². The average molecular weight is 823 g/mol. The van der Waals surface area contributed by atoms with Crippen LogP contribution in [0.2, 0.25) is 0 Å². The number of aliphatic hydroxyl groups is 7. The summed E-state index contributed by atoms with van der Waals surface area (Å²) in [5, 5.41) is 76.1. The number of rotatable bonds is 7. The molecule has 58 heavy (non-hydrogen) atoms. The summed E-state index contributed by atoms with van der Waals surface area (Å²) >= 11 is 0. The van der Waals surface area contributed by atoms with Crippen molar-refractivity contribution < 1.29 is 69.0 Å². The lowest BCUT2D eigenvalue weighted by atomic mass is 9.32. The summed E-state index contributed by atoms with van der Waals surface area (Å²) in [7, 11) is 0. The number of hydrogen-bond donors (Lipinski definition) is 7. The zero-order valence-corrected chi connectivity index (χ0v) is 35.6. The molecule has 0 aromatic rings. The maximum absolute atomic E-state index is 12.5. The minimum Gasteiger partial charge on any atom is -0.465 e. The van der Waals surface area contributed by atoms with Crippen molar-refractivity contribution in [3.63, 3.8) is 0 Å². The van der Waals surface area contributed by atoms with E-state index in [4.69, 9.17) is 28.4 Å². The van der Waals surface area contributed by atoms with Gasteiger partial charge in [-0.2, -0.15) is 0 Å². The molecule has 21 atom stereocenters. The van der Waals surface area contributed by atoms with Gasteiger partial charge in [-0.05, 0) is 86.4 Å². The molecule has 4 saturated carbocycles. The third-order valence-corrected chi connectivity index (χ3v) is 18.2. The first-order chi connectivity index (χ1) is 27.0. The second-order valence-corrected chi connectivity index (χ2v) is 21.6. The lowest BCUT2D eigenvalue weighted by Crippen LogP contribution is -2.72. The van der Waals surface area contributed by atoms with Crippen molar-refractivity contribution in [3.8, 4) is 0 Å². The van der Waals surface area contributed by atoms with Crippen LogP contribution < -0.4 is 0 Å². The Morgan fingerprint density at radius 1 is 0.793 bits per heavy atom. The maximum Gasteiger partial charge on any atom is 0.302 e. The number of carbonyl (C=O) groups excluding carboxylic acids is 1. The molecular formula is C44H70O14. The van der Waals surface area contributed by atoms with Crippen LogP contribution in [0.4, 0.5) is 0 Å². The molecule has 3 aliphatic heterocycles. The Hall–Kier alpha value is -1.27. The largest absolute Gasteiger partial charge is 0.465 e. The fourth-order valence-corrected chi connectivity index (χ4v) is 14.5. The van der Waals surface area contributed by atoms with Crippen LogP contribution >= 0.6 is 0 Å². The highest BCUT2D eigenvalue weighted by atomic mass is 16.7. The summed E-state index contributed by atoms with van der Waals surface area (Å²) in [5.41, 5.74) is -2.08. The molecule has 8 rings (SSSR count). The molecule has 0 radical (unpaired) electrons. The van der Waals surface area contributed by atoms with Gasteiger partial charge >= 0.3 is 5.97 Å². The van der Waals surface area contributed by atoms with Crippen LogP contribution in [0.3, 0.4) is 0 Å². The standard InChI is InChI=1S/C44H70O14/c1-22-30(48)35(58-36-33(51)32(50)31(49)24(19-45)56-36)34(52)37(55-22)57-29-11-12-39(5)25(40(29,6)20-53-23(2)46)9-13-41(7)26(39)10-14-44-27-17-38(3,4)15-16-43(27,21-54-44)28(47)18-42(41,44)8/h10,14,22,24-37,45,47-52H,9,11-13,15-21H2,1-8H3/t22-,24-,25-,26-,27+,28+,29+,30+,31-,32-,33-,34-,35-,36+,37+,39+,40+,41-,42+,43-,44+/m1/s1. The molecule has 7 N–H and O–H groups in total. The number of allylic oxidation sites excluding steroid dienone is 1. The summed E-state index contributed by atoms with van der Waals surface area (Å²) in [6.07, 6.45) is -3.87. The number of hydrogen-bond acceptors (Lipinski definition) is 14. The van der Waals surface area contributed by atoms with Gasteiger partial charge in [-0.25, -0.2) is 0 Å². The first kappa shape index (κ1) is 43.4. The van der Waals surface area contributed by atoms with Crippen molar-refractivity contribution in [2.24, 2.45) is 50.2 Å². The Labute approximate surface area is 342 Å². The van der Waals surface area contributed by atoms with E-state index in [0.29, 0.717) is 19.4 Å². The van der Waals surface area contributed by atoms with Crippen molar-refractivity contribution in [2.45, 2.75) is 186 Å². The molecule has 0 aromatic carbocycles. The van der Waals surface area contributed by atoms with Gasteiger partial charge in [-0.3, -0.25) is 4.79 Å². The molecule has 3 heterocycles. The van der Waals surface area contributed by atoms with Crippen LogP contribution in [0.25, 0.3) is 0 Å². The number of esters is 1. The van der Waals surface area contributed by atoms with Crippen molar-refractivity contribution in [2.75, 3.05) is 19.8 Å². The van der Waals surface area contributed by atoms with Gasteiger partial charge < -0.3 is 64.2 Å². The fourth-order valence-electron chi connectivity index (χ4n) is 14.5. The number of aliphatic hydroxyl groups excluding tert-OH is 7. The molecule has 14 nitrogen and oxygen atoms in total. The lowest BCUT2D eigenvalue weighted by Gasteiger charge is -2.73. The van der Waals surface area contributed by atoms with E-state index < -0.39 is 97.2 Å². The predicted octanol–water partition coefficient (Wildman–Crippen LogP) is 2.35. The van der Waals surface area contributed by atoms with Gasteiger partial charge in [0.25, 0.3) is 0 Å². The normalized spacial score (nSPS) is 57.1. The molecule has 3 saturated heterocycles. The van der Waals surface area contributed by atoms with E-state index in [1.54, 1.807) is 6.92 Å². The minimum atomic E-state index is -1.74. The van der Waals surface area contributed by atoms with Crippen LogP contribution in [-0.2, 0) is 33.2 Å². The molecular weight excluding hydrogens is 752 g/mol. The number of fused-ring (bicyclic) bond motifs is 4.